The molecule has 174 valence electrons. The van der Waals surface area contributed by atoms with Crippen molar-refractivity contribution < 1.29 is 36.6 Å². The molecule has 0 saturated heterocycles. The summed E-state index contributed by atoms with van der Waals surface area (Å²) in [6, 6.07) is 5.34. The maximum Gasteiger partial charge on any atom is 0.359 e. The van der Waals surface area contributed by atoms with Gasteiger partial charge in [0.05, 0.1) is 12.8 Å². The van der Waals surface area contributed by atoms with Crippen LogP contribution in [0.4, 0.5) is 23.4 Å². The van der Waals surface area contributed by atoms with E-state index in [4.69, 9.17) is 9.47 Å². The Bertz CT molecular complexity index is 1190. The third-order valence-corrected chi connectivity index (χ3v) is 4.17. The summed E-state index contributed by atoms with van der Waals surface area (Å²) in [6.07, 6.45) is 0. The molecule has 3 rings (SSSR count). The first-order valence-electron chi connectivity index (χ1n) is 9.53. The van der Waals surface area contributed by atoms with Gasteiger partial charge in [0, 0.05) is 12.1 Å². The van der Waals surface area contributed by atoms with Crippen LogP contribution in [0.1, 0.15) is 41.6 Å². The molecule has 0 bridgehead atoms. The highest BCUT2D eigenvalue weighted by Crippen LogP contribution is 2.30. The normalized spacial score (nSPS) is 11.3. The molecule has 0 saturated carbocycles. The summed E-state index contributed by atoms with van der Waals surface area (Å²) in [5, 5.41) is 2.14. The highest BCUT2D eigenvalue weighted by Gasteiger charge is 2.31. The molecule has 1 amide bonds. The Balaban J connectivity index is 2.16. The van der Waals surface area contributed by atoms with Crippen LogP contribution in [0.3, 0.4) is 0 Å². The van der Waals surface area contributed by atoms with Gasteiger partial charge in [-0.25, -0.2) is 22.4 Å². The molecule has 0 fully saturated rings. The van der Waals surface area contributed by atoms with Crippen LogP contribution >= 0.6 is 0 Å². The number of esters is 1. The maximum atomic E-state index is 14.1. The van der Waals surface area contributed by atoms with Crippen LogP contribution in [-0.2, 0) is 4.74 Å². The Kier molecular flexibility index (Phi) is 6.43. The summed E-state index contributed by atoms with van der Waals surface area (Å²) in [6.45, 7) is 4.80. The van der Waals surface area contributed by atoms with Crippen LogP contribution in [0.15, 0.2) is 36.4 Å². The number of hydrogen-bond donors (Lipinski definition) is 1. The Morgan fingerprint density at radius 2 is 1.55 bits per heavy atom. The van der Waals surface area contributed by atoms with Gasteiger partial charge in [-0.3, -0.25) is 9.36 Å². The van der Waals surface area contributed by atoms with Crippen molar-refractivity contribution in [2.75, 3.05) is 12.4 Å². The first-order chi connectivity index (χ1) is 15.4. The van der Waals surface area contributed by atoms with E-state index >= 15 is 0 Å². The van der Waals surface area contributed by atoms with E-state index in [9.17, 15) is 27.2 Å². The second-order valence-corrected chi connectivity index (χ2v) is 7.81. The number of imidazole rings is 1. The average molecular weight is 465 g/mol. The summed E-state index contributed by atoms with van der Waals surface area (Å²) in [5.74, 6) is -7.40. The molecule has 0 atom stereocenters. The molecule has 7 nitrogen and oxygen atoms in total. The summed E-state index contributed by atoms with van der Waals surface area (Å²) in [5.41, 5.74) is -2.17. The lowest BCUT2D eigenvalue weighted by atomic mass is 10.1. The quantitative estimate of drug-likeness (QED) is 0.438. The molecule has 11 heteroatoms. The fourth-order valence-electron chi connectivity index (χ4n) is 2.90. The summed E-state index contributed by atoms with van der Waals surface area (Å²) in [4.78, 5) is 29.6. The fraction of sp³-hybridized carbons (Fsp3) is 0.227. The molecule has 33 heavy (non-hydrogen) atoms. The number of halogens is 4. The molecule has 0 radical (unpaired) electrons. The van der Waals surface area contributed by atoms with Crippen molar-refractivity contribution in [3.8, 4) is 11.7 Å². The number of nitrogens with zero attached hydrogens (tertiary/aromatic N) is 2. The number of methoxy groups -OCH3 is 1. The lowest BCUT2D eigenvalue weighted by molar-refractivity contribution is 0.00610. The molecule has 0 unspecified atom stereocenters. The topological polar surface area (TPSA) is 82.4 Å². The molecule has 1 aromatic heterocycles. The fourth-order valence-corrected chi connectivity index (χ4v) is 2.90. The Morgan fingerprint density at radius 3 is 2.06 bits per heavy atom. The van der Waals surface area contributed by atoms with E-state index in [2.05, 4.69) is 10.3 Å². The second kappa shape index (κ2) is 8.93. The van der Waals surface area contributed by atoms with Gasteiger partial charge in [-0.05, 0) is 45.0 Å². The van der Waals surface area contributed by atoms with Gasteiger partial charge in [-0.1, -0.05) is 0 Å². The van der Waals surface area contributed by atoms with Gasteiger partial charge < -0.3 is 14.8 Å². The van der Waals surface area contributed by atoms with Crippen LogP contribution in [0, 0.1) is 23.3 Å². The first-order valence-corrected chi connectivity index (χ1v) is 9.53. The van der Waals surface area contributed by atoms with Crippen molar-refractivity contribution >= 4 is 17.7 Å². The van der Waals surface area contributed by atoms with Crippen molar-refractivity contribution in [1.29, 1.82) is 0 Å². The highest BCUT2D eigenvalue weighted by atomic mass is 19.1. The number of rotatable bonds is 5. The number of amides is 1. The van der Waals surface area contributed by atoms with Crippen LogP contribution in [-0.4, -0.2) is 34.1 Å². The molecule has 0 aliphatic carbocycles. The Hall–Kier alpha value is -3.89. The number of carbonyl (C=O) groups is 2. The van der Waals surface area contributed by atoms with E-state index in [1.165, 1.54) is 19.2 Å². The first kappa shape index (κ1) is 23.8. The van der Waals surface area contributed by atoms with Gasteiger partial charge in [-0.15, -0.1) is 0 Å². The number of anilines is 1. The molecular weight excluding hydrogens is 446 g/mol. The zero-order chi connectivity index (χ0) is 24.5. The minimum atomic E-state index is -1.45. The standard InChI is InChI=1S/C22H19F4N3O4/c1-22(2,3)33-20(31)17-18(27-19(30)16-14(25)9-12(24)10-15(16)26)28-21(32-4)29(17)13-7-5-11(23)6-8-13/h5-10H,1-4H3,(H,27,30). The van der Waals surface area contributed by atoms with Crippen molar-refractivity contribution in [2.24, 2.45) is 0 Å². The van der Waals surface area contributed by atoms with Gasteiger partial charge in [0.25, 0.3) is 5.91 Å². The van der Waals surface area contributed by atoms with Gasteiger partial charge in [0.2, 0.25) is 0 Å². The van der Waals surface area contributed by atoms with E-state index < -0.39 is 52.1 Å². The minimum Gasteiger partial charge on any atom is -0.468 e. The Morgan fingerprint density at radius 1 is 0.970 bits per heavy atom. The third-order valence-electron chi connectivity index (χ3n) is 4.17. The molecule has 0 aliphatic rings. The van der Waals surface area contributed by atoms with Crippen LogP contribution in [0.5, 0.6) is 6.01 Å². The van der Waals surface area contributed by atoms with E-state index in [-0.39, 0.29) is 17.4 Å². The molecular formula is C22H19F4N3O4. The van der Waals surface area contributed by atoms with Gasteiger partial charge >= 0.3 is 12.0 Å². The summed E-state index contributed by atoms with van der Waals surface area (Å²) < 4.78 is 66.5. The largest absolute Gasteiger partial charge is 0.468 e. The predicted octanol–water partition coefficient (Wildman–Crippen LogP) is 4.64. The number of benzene rings is 2. The van der Waals surface area contributed by atoms with E-state index in [1.807, 2.05) is 0 Å². The predicted molar refractivity (Wildman–Crippen MR) is 110 cm³/mol. The van der Waals surface area contributed by atoms with Crippen molar-refractivity contribution in [1.82, 2.24) is 9.55 Å². The van der Waals surface area contributed by atoms with Gasteiger partial charge in [0.1, 0.15) is 34.4 Å². The summed E-state index contributed by atoms with van der Waals surface area (Å²) in [7, 11) is 1.23. The van der Waals surface area contributed by atoms with Crippen molar-refractivity contribution in [3.63, 3.8) is 0 Å². The van der Waals surface area contributed by atoms with Gasteiger partial charge in [-0.2, -0.15) is 4.98 Å². The molecule has 0 aliphatic heterocycles. The van der Waals surface area contributed by atoms with Crippen LogP contribution < -0.4 is 10.1 Å². The lowest BCUT2D eigenvalue weighted by Crippen LogP contribution is -2.27. The van der Waals surface area contributed by atoms with Crippen molar-refractivity contribution in [2.45, 2.75) is 26.4 Å². The summed E-state index contributed by atoms with van der Waals surface area (Å²) >= 11 is 0. The number of aromatic nitrogens is 2. The third kappa shape index (κ3) is 5.13. The molecule has 2 aromatic carbocycles. The monoisotopic (exact) mass is 465 g/mol. The molecule has 1 heterocycles. The SMILES string of the molecule is COc1nc(NC(=O)c2c(F)cc(F)cc2F)c(C(=O)OC(C)(C)C)n1-c1ccc(F)cc1. The van der Waals surface area contributed by atoms with Crippen LogP contribution in [0.25, 0.3) is 5.69 Å². The van der Waals surface area contributed by atoms with E-state index in [0.29, 0.717) is 12.1 Å². The molecule has 1 N–H and O–H groups in total. The minimum absolute atomic E-state index is 0.210. The lowest BCUT2D eigenvalue weighted by Gasteiger charge is -2.20. The van der Waals surface area contributed by atoms with E-state index in [0.717, 1.165) is 16.7 Å². The number of ether oxygens (including phenoxy) is 2. The van der Waals surface area contributed by atoms with Gasteiger partial charge in [0.15, 0.2) is 11.5 Å². The Labute approximate surface area is 186 Å². The zero-order valence-corrected chi connectivity index (χ0v) is 18.0. The molecule has 0 spiro atoms. The maximum absolute atomic E-state index is 14.1. The highest BCUT2D eigenvalue weighted by molar-refractivity contribution is 6.07. The van der Waals surface area contributed by atoms with Crippen LogP contribution in [0.2, 0.25) is 0 Å². The zero-order valence-electron chi connectivity index (χ0n) is 18.0. The smallest absolute Gasteiger partial charge is 0.359 e. The van der Waals surface area contributed by atoms with E-state index in [1.54, 1.807) is 20.8 Å². The molecule has 3 aromatic rings. The average Bonchev–Trinajstić information content (AvgIpc) is 3.04. The number of carbonyl (C=O) groups excluding carboxylic acids is 2. The van der Waals surface area contributed by atoms with Crippen molar-refractivity contribution in [3.05, 3.63) is 70.9 Å². The number of nitrogens with one attached hydrogen (secondary N) is 1. The second-order valence-electron chi connectivity index (χ2n) is 7.81. The number of hydrogen-bond acceptors (Lipinski definition) is 5.